The minimum atomic E-state index is -1.16. The molecule has 0 aliphatic rings. The van der Waals surface area contributed by atoms with E-state index in [0.29, 0.717) is 16.3 Å². The lowest BCUT2D eigenvalue weighted by molar-refractivity contribution is -0.182. The van der Waals surface area contributed by atoms with Gasteiger partial charge >= 0.3 is 23.9 Å². The van der Waals surface area contributed by atoms with Gasteiger partial charge in [0.05, 0.1) is 30.9 Å². The zero-order valence-corrected chi connectivity index (χ0v) is 17.2. The van der Waals surface area contributed by atoms with E-state index in [2.05, 4.69) is 18.0 Å². The molecule has 0 fully saturated rings. The van der Waals surface area contributed by atoms with Crippen molar-refractivity contribution in [2.75, 3.05) is 19.8 Å². The molecule has 0 unspecified atom stereocenters. The SMILES string of the molecule is C=CC(=O)OCCCOC(=O)c1cc2ccccc2c(CCOC(=O)C=C)c1C(=O)OO. The van der Waals surface area contributed by atoms with E-state index in [1.807, 2.05) is 0 Å². The fraction of sp³-hybridized carbons (Fsp3) is 0.217. The van der Waals surface area contributed by atoms with E-state index < -0.39 is 23.9 Å². The second-order valence-electron chi connectivity index (χ2n) is 6.36. The molecule has 0 aliphatic carbocycles. The average molecular weight is 442 g/mol. The van der Waals surface area contributed by atoms with Crippen molar-refractivity contribution in [2.24, 2.45) is 0 Å². The third kappa shape index (κ3) is 6.26. The van der Waals surface area contributed by atoms with Crippen LogP contribution in [0.15, 0.2) is 55.6 Å². The number of benzene rings is 2. The Kier molecular flexibility index (Phi) is 9.12. The Hall–Kier alpha value is -3.98. The topological polar surface area (TPSA) is 125 Å². The molecular formula is C23H22O9. The first-order valence-corrected chi connectivity index (χ1v) is 9.58. The number of fused-ring (bicyclic) bond motifs is 1. The van der Waals surface area contributed by atoms with Gasteiger partial charge in [-0.3, -0.25) is 4.89 Å². The summed E-state index contributed by atoms with van der Waals surface area (Å²) in [7, 11) is 0. The highest BCUT2D eigenvalue weighted by atomic mass is 17.1. The van der Waals surface area contributed by atoms with E-state index >= 15 is 0 Å². The molecule has 0 spiro atoms. The number of hydrogen-bond acceptors (Lipinski definition) is 9. The summed E-state index contributed by atoms with van der Waals surface area (Å²) < 4.78 is 15.0. The zero-order chi connectivity index (χ0) is 23.5. The Morgan fingerprint density at radius 3 is 2.16 bits per heavy atom. The zero-order valence-electron chi connectivity index (χ0n) is 17.2. The van der Waals surface area contributed by atoms with Crippen LogP contribution in [0.2, 0.25) is 0 Å². The Morgan fingerprint density at radius 1 is 0.875 bits per heavy atom. The molecule has 0 bridgehead atoms. The monoisotopic (exact) mass is 442 g/mol. The van der Waals surface area contributed by atoms with Gasteiger partial charge in [0.1, 0.15) is 0 Å². The van der Waals surface area contributed by atoms with Gasteiger partial charge in [0.25, 0.3) is 0 Å². The number of esters is 3. The molecule has 0 atom stereocenters. The summed E-state index contributed by atoms with van der Waals surface area (Å²) in [5, 5.41) is 10.2. The van der Waals surface area contributed by atoms with Crippen molar-refractivity contribution >= 4 is 34.6 Å². The van der Waals surface area contributed by atoms with Crippen molar-refractivity contribution in [2.45, 2.75) is 12.8 Å². The van der Waals surface area contributed by atoms with E-state index in [1.54, 1.807) is 24.3 Å². The molecule has 0 radical (unpaired) electrons. The van der Waals surface area contributed by atoms with Gasteiger partial charge in [-0.1, -0.05) is 37.4 Å². The van der Waals surface area contributed by atoms with Crippen molar-refractivity contribution in [1.29, 1.82) is 0 Å². The highest BCUT2D eigenvalue weighted by molar-refractivity contribution is 6.09. The molecule has 2 aromatic carbocycles. The van der Waals surface area contributed by atoms with E-state index in [4.69, 9.17) is 19.5 Å². The largest absolute Gasteiger partial charge is 0.462 e. The van der Waals surface area contributed by atoms with Gasteiger partial charge < -0.3 is 14.2 Å². The van der Waals surface area contributed by atoms with Crippen LogP contribution in [-0.4, -0.2) is 49.0 Å². The maximum absolute atomic E-state index is 12.7. The van der Waals surface area contributed by atoms with E-state index in [-0.39, 0.29) is 43.8 Å². The van der Waals surface area contributed by atoms with Crippen LogP contribution in [-0.2, 0) is 35.1 Å². The summed E-state index contributed by atoms with van der Waals surface area (Å²) in [6.07, 6.45) is 2.30. The van der Waals surface area contributed by atoms with Gasteiger partial charge in [-0.15, -0.1) is 0 Å². The molecule has 32 heavy (non-hydrogen) atoms. The lowest BCUT2D eigenvalue weighted by atomic mass is 9.92. The molecule has 2 rings (SSSR count). The van der Waals surface area contributed by atoms with Gasteiger partial charge in [0, 0.05) is 25.0 Å². The summed E-state index contributed by atoms with van der Waals surface area (Å²) in [5.74, 6) is -3.24. The van der Waals surface area contributed by atoms with E-state index in [9.17, 15) is 19.2 Å². The molecule has 1 N–H and O–H groups in total. The molecule has 0 aliphatic heterocycles. The Morgan fingerprint density at radius 2 is 1.50 bits per heavy atom. The molecule has 0 amide bonds. The van der Waals surface area contributed by atoms with Crippen molar-refractivity contribution in [3.8, 4) is 0 Å². The van der Waals surface area contributed by atoms with Crippen LogP contribution in [0.4, 0.5) is 0 Å². The Balaban J connectivity index is 2.34. The first kappa shape index (κ1) is 24.3. The van der Waals surface area contributed by atoms with Crippen molar-refractivity contribution < 1.29 is 43.5 Å². The van der Waals surface area contributed by atoms with Crippen LogP contribution < -0.4 is 0 Å². The fourth-order valence-electron chi connectivity index (χ4n) is 2.97. The molecule has 9 heteroatoms. The standard InChI is InChI=1S/C23H22O9/c1-3-19(24)29-11-7-12-31-22(26)18-14-15-8-5-6-9-16(15)17(21(18)23(27)32-28)10-13-30-20(25)4-2/h3-6,8-9,14,28H,1-2,7,10-13H2. The van der Waals surface area contributed by atoms with E-state index in [0.717, 1.165) is 12.2 Å². The van der Waals surface area contributed by atoms with Crippen molar-refractivity contribution in [3.63, 3.8) is 0 Å². The first-order valence-electron chi connectivity index (χ1n) is 9.58. The number of carbonyl (C=O) groups excluding carboxylic acids is 4. The summed E-state index contributed by atoms with van der Waals surface area (Å²) in [6, 6.07) is 8.38. The van der Waals surface area contributed by atoms with Crippen LogP contribution in [0, 0.1) is 0 Å². The fourth-order valence-corrected chi connectivity index (χ4v) is 2.97. The van der Waals surface area contributed by atoms with Crippen LogP contribution in [0.5, 0.6) is 0 Å². The number of hydrogen-bond donors (Lipinski definition) is 1. The minimum absolute atomic E-state index is 0.0152. The number of ether oxygens (including phenoxy) is 3. The molecule has 0 aromatic heterocycles. The summed E-state index contributed by atoms with van der Waals surface area (Å²) in [4.78, 5) is 51.4. The van der Waals surface area contributed by atoms with Gasteiger partial charge in [0.2, 0.25) is 0 Å². The van der Waals surface area contributed by atoms with Gasteiger partial charge in [-0.05, 0) is 22.4 Å². The molecule has 0 saturated carbocycles. The number of rotatable bonds is 11. The predicted octanol–water partition coefficient (Wildman–Crippen LogP) is 3.02. The minimum Gasteiger partial charge on any atom is -0.462 e. The highest BCUT2D eigenvalue weighted by Gasteiger charge is 2.26. The van der Waals surface area contributed by atoms with Crippen LogP contribution in [0.1, 0.15) is 32.7 Å². The highest BCUT2D eigenvalue weighted by Crippen LogP contribution is 2.28. The summed E-state index contributed by atoms with van der Waals surface area (Å²) in [6.45, 7) is 6.41. The maximum Gasteiger partial charge on any atom is 0.373 e. The second kappa shape index (κ2) is 12.0. The number of carbonyl (C=O) groups is 4. The quantitative estimate of drug-likeness (QED) is 0.140. The van der Waals surface area contributed by atoms with Crippen molar-refractivity contribution in [3.05, 3.63) is 72.3 Å². The van der Waals surface area contributed by atoms with Crippen LogP contribution in [0.25, 0.3) is 10.8 Å². The van der Waals surface area contributed by atoms with Crippen LogP contribution >= 0.6 is 0 Å². The Bertz CT molecular complexity index is 1040. The third-order valence-electron chi connectivity index (χ3n) is 4.36. The molecule has 9 nitrogen and oxygen atoms in total. The van der Waals surface area contributed by atoms with E-state index in [1.165, 1.54) is 6.07 Å². The molecule has 0 saturated heterocycles. The summed E-state index contributed by atoms with van der Waals surface area (Å²) >= 11 is 0. The smallest absolute Gasteiger partial charge is 0.373 e. The summed E-state index contributed by atoms with van der Waals surface area (Å²) in [5.41, 5.74) is 0.00527. The van der Waals surface area contributed by atoms with Gasteiger partial charge in [0.15, 0.2) is 0 Å². The lowest BCUT2D eigenvalue weighted by Crippen LogP contribution is -2.18. The van der Waals surface area contributed by atoms with Crippen molar-refractivity contribution in [1.82, 2.24) is 0 Å². The lowest BCUT2D eigenvalue weighted by Gasteiger charge is -2.15. The molecule has 0 heterocycles. The maximum atomic E-state index is 12.7. The molecular weight excluding hydrogens is 420 g/mol. The normalized spacial score (nSPS) is 10.2. The second-order valence-corrected chi connectivity index (χ2v) is 6.36. The predicted molar refractivity (Wildman–Crippen MR) is 113 cm³/mol. The molecule has 2 aromatic rings. The van der Waals surface area contributed by atoms with Crippen LogP contribution in [0.3, 0.4) is 0 Å². The Labute approximate surface area is 183 Å². The van der Waals surface area contributed by atoms with Gasteiger partial charge in [-0.2, -0.15) is 5.26 Å². The third-order valence-corrected chi connectivity index (χ3v) is 4.36. The first-order chi connectivity index (χ1) is 15.4. The molecule has 168 valence electrons. The average Bonchev–Trinajstić information content (AvgIpc) is 2.82. The van der Waals surface area contributed by atoms with Gasteiger partial charge in [-0.25, -0.2) is 19.2 Å².